The fraction of sp³-hybridized carbons (Fsp3) is 0.815. The van der Waals surface area contributed by atoms with E-state index in [4.69, 9.17) is 0 Å². The molecule has 0 saturated carbocycles. The van der Waals surface area contributed by atoms with Gasteiger partial charge in [-0.15, -0.1) is 0 Å². The van der Waals surface area contributed by atoms with Gasteiger partial charge in [-0.25, -0.2) is 0 Å². The molecule has 0 spiro atoms. The van der Waals surface area contributed by atoms with Gasteiger partial charge in [-0.2, -0.15) is 0 Å². The van der Waals surface area contributed by atoms with Gasteiger partial charge in [-0.05, 0) is 71.7 Å². The van der Waals surface area contributed by atoms with Crippen LogP contribution in [-0.2, 0) is 14.4 Å². The zero-order valence-electron chi connectivity index (χ0n) is 23.7. The molecule has 9 nitrogen and oxygen atoms in total. The average molecular weight is 511 g/mol. The van der Waals surface area contributed by atoms with E-state index in [1.807, 2.05) is 0 Å². The summed E-state index contributed by atoms with van der Waals surface area (Å²) in [6.45, 7) is 23.4. The summed E-state index contributed by atoms with van der Waals surface area (Å²) in [4.78, 5) is 44.7. The summed E-state index contributed by atoms with van der Waals surface area (Å²) in [6, 6.07) is 0. The summed E-state index contributed by atoms with van der Waals surface area (Å²) in [7, 11) is 0. The third kappa shape index (κ3) is 16.5. The molecule has 0 aliphatic carbocycles. The number of nitrogens with one attached hydrogen (secondary N) is 3. The molecule has 0 fully saturated rings. The second-order valence-corrected chi connectivity index (χ2v) is 9.02. The van der Waals surface area contributed by atoms with E-state index in [-0.39, 0.29) is 30.6 Å². The minimum Gasteiger partial charge on any atom is -0.378 e. The number of amides is 3. The first-order chi connectivity index (χ1) is 17.3. The third-order valence-electron chi connectivity index (χ3n) is 6.56. The highest BCUT2D eigenvalue weighted by Gasteiger charge is 2.24. The molecule has 0 bridgehead atoms. The molecular formula is C27H54N6O3. The van der Waals surface area contributed by atoms with Crippen LogP contribution in [0.1, 0.15) is 66.7 Å². The fourth-order valence-electron chi connectivity index (χ4n) is 4.01. The maximum Gasteiger partial charge on any atom is 0.224 e. The lowest BCUT2D eigenvalue weighted by atomic mass is 9.99. The van der Waals surface area contributed by atoms with Crippen molar-refractivity contribution in [3.8, 4) is 0 Å². The van der Waals surface area contributed by atoms with Crippen molar-refractivity contribution in [2.45, 2.75) is 66.7 Å². The van der Waals surface area contributed by atoms with Gasteiger partial charge in [0.1, 0.15) is 0 Å². The molecule has 0 aliphatic heterocycles. The molecule has 3 N–H and O–H groups in total. The molecule has 3 amide bonds. The summed E-state index contributed by atoms with van der Waals surface area (Å²) < 4.78 is 0. The van der Waals surface area contributed by atoms with Crippen LogP contribution in [0.3, 0.4) is 0 Å². The number of hydrogen-bond acceptors (Lipinski definition) is 6. The first-order valence-corrected chi connectivity index (χ1v) is 14.0. The van der Waals surface area contributed by atoms with Crippen molar-refractivity contribution in [2.75, 3.05) is 72.0 Å². The number of hydrogen-bond donors (Lipinski definition) is 3. The smallest absolute Gasteiger partial charge is 0.224 e. The van der Waals surface area contributed by atoms with Crippen molar-refractivity contribution < 1.29 is 14.4 Å². The molecule has 0 atom stereocenters. The van der Waals surface area contributed by atoms with Crippen LogP contribution in [-0.4, -0.2) is 104 Å². The van der Waals surface area contributed by atoms with E-state index in [1.54, 1.807) is 6.20 Å². The maximum atomic E-state index is 12.9. The van der Waals surface area contributed by atoms with Gasteiger partial charge in [-0.1, -0.05) is 34.3 Å². The normalized spacial score (nSPS) is 11.1. The second kappa shape index (κ2) is 22.1. The van der Waals surface area contributed by atoms with Gasteiger partial charge < -0.3 is 30.7 Å². The Kier molecular flexibility index (Phi) is 20.8. The van der Waals surface area contributed by atoms with Crippen LogP contribution < -0.4 is 16.0 Å². The van der Waals surface area contributed by atoms with Crippen molar-refractivity contribution >= 4 is 17.7 Å². The van der Waals surface area contributed by atoms with Crippen molar-refractivity contribution in [3.05, 3.63) is 12.8 Å². The van der Waals surface area contributed by atoms with Gasteiger partial charge in [-0.3, -0.25) is 14.4 Å². The molecule has 0 heterocycles. The van der Waals surface area contributed by atoms with Gasteiger partial charge in [0.25, 0.3) is 0 Å². The lowest BCUT2D eigenvalue weighted by Gasteiger charge is -2.20. The third-order valence-corrected chi connectivity index (χ3v) is 6.56. The van der Waals surface area contributed by atoms with Crippen LogP contribution in [0.15, 0.2) is 12.8 Å². The van der Waals surface area contributed by atoms with Crippen LogP contribution in [0.2, 0.25) is 0 Å². The Labute approximate surface area is 220 Å². The topological polar surface area (TPSA) is 97.0 Å². The standard InChI is InChI=1S/C27H54N6O3/c1-7-31(8-2)19-13-16-28-25(34)22-24(27(36)30-18-15-21-33(11-5)12-6)23-26(35)29-17-14-20-32(9-3)10-4/h11,24H,5,7-10,12-23H2,1-4,6H3,(H,28,34)(H,29,35)(H,30,36). The highest BCUT2D eigenvalue weighted by molar-refractivity contribution is 5.90. The summed E-state index contributed by atoms with van der Waals surface area (Å²) >= 11 is 0. The summed E-state index contributed by atoms with van der Waals surface area (Å²) in [6.07, 6.45) is 4.30. The SMILES string of the molecule is C=CN(CC)CCCNC(=O)C(CC(=O)NCCCN(CC)CC)CC(=O)NCCCN(CC)CC. The van der Waals surface area contributed by atoms with E-state index in [1.165, 1.54) is 0 Å². The van der Waals surface area contributed by atoms with Crippen LogP contribution in [0.4, 0.5) is 0 Å². The van der Waals surface area contributed by atoms with Crippen LogP contribution in [0, 0.1) is 5.92 Å². The van der Waals surface area contributed by atoms with Crippen LogP contribution in [0.25, 0.3) is 0 Å². The Morgan fingerprint density at radius 3 is 1.47 bits per heavy atom. The molecule has 0 aliphatic rings. The van der Waals surface area contributed by atoms with Crippen molar-refractivity contribution in [1.82, 2.24) is 30.7 Å². The first kappa shape index (κ1) is 33.9. The van der Waals surface area contributed by atoms with Crippen molar-refractivity contribution in [1.29, 1.82) is 0 Å². The molecule has 0 aromatic rings. The van der Waals surface area contributed by atoms with Crippen LogP contribution >= 0.6 is 0 Å². The lowest BCUT2D eigenvalue weighted by molar-refractivity contribution is -0.133. The molecule has 0 aromatic carbocycles. The number of carbonyl (C=O) groups excluding carboxylic acids is 3. The fourth-order valence-corrected chi connectivity index (χ4v) is 4.01. The van der Waals surface area contributed by atoms with Crippen molar-refractivity contribution in [3.63, 3.8) is 0 Å². The summed E-state index contributed by atoms with van der Waals surface area (Å²) in [5, 5.41) is 8.76. The predicted molar refractivity (Wildman–Crippen MR) is 149 cm³/mol. The molecule has 0 rings (SSSR count). The van der Waals surface area contributed by atoms with Gasteiger partial charge in [0, 0.05) is 45.6 Å². The Morgan fingerprint density at radius 2 is 1.08 bits per heavy atom. The molecule has 210 valence electrons. The van der Waals surface area contributed by atoms with E-state index < -0.39 is 5.92 Å². The van der Waals surface area contributed by atoms with Gasteiger partial charge >= 0.3 is 0 Å². The van der Waals surface area contributed by atoms with E-state index in [2.05, 4.69) is 71.8 Å². The van der Waals surface area contributed by atoms with Gasteiger partial charge in [0.15, 0.2) is 0 Å². The lowest BCUT2D eigenvalue weighted by Crippen LogP contribution is -2.39. The second-order valence-electron chi connectivity index (χ2n) is 9.02. The van der Waals surface area contributed by atoms with E-state index >= 15 is 0 Å². The Hall–Kier alpha value is -2.13. The molecule has 0 saturated heterocycles. The Morgan fingerprint density at radius 1 is 0.667 bits per heavy atom. The zero-order chi connectivity index (χ0) is 27.2. The summed E-state index contributed by atoms with van der Waals surface area (Å²) in [5.41, 5.74) is 0. The van der Waals surface area contributed by atoms with E-state index in [0.717, 1.165) is 71.6 Å². The Bertz CT molecular complexity index is 574. The van der Waals surface area contributed by atoms with E-state index in [9.17, 15) is 14.4 Å². The Balaban J connectivity index is 4.73. The number of carbonyl (C=O) groups is 3. The van der Waals surface area contributed by atoms with Gasteiger partial charge in [0.2, 0.25) is 17.7 Å². The molecule has 36 heavy (non-hydrogen) atoms. The van der Waals surface area contributed by atoms with E-state index in [0.29, 0.717) is 19.6 Å². The minimum atomic E-state index is -0.683. The maximum absolute atomic E-state index is 12.9. The molecule has 0 aromatic heterocycles. The first-order valence-electron chi connectivity index (χ1n) is 14.0. The number of nitrogens with zero attached hydrogens (tertiary/aromatic N) is 3. The highest BCUT2D eigenvalue weighted by Crippen LogP contribution is 2.10. The summed E-state index contributed by atoms with van der Waals surface area (Å²) in [5.74, 6) is -1.30. The highest BCUT2D eigenvalue weighted by atomic mass is 16.2. The molecule has 9 heteroatoms. The monoisotopic (exact) mass is 510 g/mol. The quantitative estimate of drug-likeness (QED) is 0.182. The molecule has 0 unspecified atom stereocenters. The average Bonchev–Trinajstić information content (AvgIpc) is 2.88. The zero-order valence-corrected chi connectivity index (χ0v) is 23.7. The largest absolute Gasteiger partial charge is 0.378 e. The van der Waals surface area contributed by atoms with Crippen LogP contribution in [0.5, 0.6) is 0 Å². The molecular weight excluding hydrogens is 456 g/mol. The van der Waals surface area contributed by atoms with Gasteiger partial charge in [0.05, 0.1) is 5.92 Å². The predicted octanol–water partition coefficient (Wildman–Crippen LogP) is 2.05. The molecule has 0 radical (unpaired) electrons. The minimum absolute atomic E-state index is 0.0116. The van der Waals surface area contributed by atoms with Crippen molar-refractivity contribution in [2.24, 2.45) is 5.92 Å². The number of rotatable bonds is 23.